The Bertz CT molecular complexity index is 944. The molecule has 0 heterocycles. The van der Waals surface area contributed by atoms with Gasteiger partial charge in [0.2, 0.25) is 0 Å². The van der Waals surface area contributed by atoms with E-state index in [-0.39, 0.29) is 5.91 Å². The second kappa shape index (κ2) is 6.84. The van der Waals surface area contributed by atoms with Crippen molar-refractivity contribution in [1.29, 1.82) is 0 Å². The summed E-state index contributed by atoms with van der Waals surface area (Å²) in [6.45, 7) is 2.52. The van der Waals surface area contributed by atoms with Crippen molar-refractivity contribution in [3.8, 4) is 16.9 Å². The molecular weight excluding hydrogens is 324 g/mol. The van der Waals surface area contributed by atoms with Gasteiger partial charge in [-0.25, -0.2) is 5.43 Å². The number of carbonyl (C=O) groups is 1. The topological polar surface area (TPSA) is 50.7 Å². The van der Waals surface area contributed by atoms with E-state index >= 15 is 0 Å². The molecule has 3 aromatic carbocycles. The van der Waals surface area contributed by atoms with E-state index in [0.29, 0.717) is 12.2 Å². The summed E-state index contributed by atoms with van der Waals surface area (Å²) < 4.78 is 5.40. The van der Waals surface area contributed by atoms with Crippen LogP contribution in [0.2, 0.25) is 0 Å². The van der Waals surface area contributed by atoms with Crippen LogP contribution < -0.4 is 10.2 Å². The third-order valence-electron chi connectivity index (χ3n) is 4.35. The molecule has 0 aliphatic heterocycles. The quantitative estimate of drug-likeness (QED) is 0.564. The SMILES string of the molecule is CCOc1ccc(C(=O)NN=C2c3ccccc3-c3ccccc32)cc1. The van der Waals surface area contributed by atoms with Crippen LogP contribution in [-0.4, -0.2) is 18.2 Å². The van der Waals surface area contributed by atoms with E-state index in [4.69, 9.17) is 4.74 Å². The molecule has 128 valence electrons. The van der Waals surface area contributed by atoms with Crippen molar-refractivity contribution in [2.75, 3.05) is 6.61 Å². The standard InChI is InChI=1S/C22H18N2O2/c1-2-26-16-13-11-15(12-14-16)22(25)24-23-21-19-9-5-3-7-17(19)18-8-4-6-10-20(18)21/h3-14H,2H2,1H3,(H,24,25). The molecule has 4 nitrogen and oxygen atoms in total. The molecule has 26 heavy (non-hydrogen) atoms. The normalized spacial score (nSPS) is 11.5. The van der Waals surface area contributed by atoms with Crippen LogP contribution in [0.5, 0.6) is 5.75 Å². The Labute approximate surface area is 152 Å². The maximum Gasteiger partial charge on any atom is 0.271 e. The molecule has 4 rings (SSSR count). The predicted molar refractivity (Wildman–Crippen MR) is 103 cm³/mol. The summed E-state index contributed by atoms with van der Waals surface area (Å²) in [5.41, 5.74) is 8.34. The van der Waals surface area contributed by atoms with E-state index in [1.54, 1.807) is 24.3 Å². The molecule has 0 fully saturated rings. The lowest BCUT2D eigenvalue weighted by molar-refractivity contribution is 0.0955. The number of nitrogens with one attached hydrogen (secondary N) is 1. The van der Waals surface area contributed by atoms with Gasteiger partial charge in [0, 0.05) is 16.7 Å². The van der Waals surface area contributed by atoms with Gasteiger partial charge in [-0.05, 0) is 42.3 Å². The maximum atomic E-state index is 12.4. The Kier molecular flexibility index (Phi) is 4.23. The van der Waals surface area contributed by atoms with Gasteiger partial charge >= 0.3 is 0 Å². The van der Waals surface area contributed by atoms with Gasteiger partial charge in [0.1, 0.15) is 5.75 Å². The van der Waals surface area contributed by atoms with Crippen molar-refractivity contribution in [1.82, 2.24) is 5.43 Å². The van der Waals surface area contributed by atoms with Crippen LogP contribution in [0.4, 0.5) is 0 Å². The molecule has 0 bridgehead atoms. The number of rotatable bonds is 4. The van der Waals surface area contributed by atoms with Gasteiger partial charge in [-0.3, -0.25) is 4.79 Å². The minimum absolute atomic E-state index is 0.248. The number of nitrogens with zero attached hydrogens (tertiary/aromatic N) is 1. The summed E-state index contributed by atoms with van der Waals surface area (Å²) >= 11 is 0. The zero-order chi connectivity index (χ0) is 17.9. The van der Waals surface area contributed by atoms with E-state index in [1.807, 2.05) is 43.3 Å². The van der Waals surface area contributed by atoms with E-state index in [1.165, 1.54) is 0 Å². The van der Waals surface area contributed by atoms with Crippen molar-refractivity contribution >= 4 is 11.6 Å². The van der Waals surface area contributed by atoms with Gasteiger partial charge < -0.3 is 4.74 Å². The lowest BCUT2D eigenvalue weighted by Crippen LogP contribution is -2.19. The number of hydrazone groups is 1. The van der Waals surface area contributed by atoms with E-state index < -0.39 is 0 Å². The first-order chi connectivity index (χ1) is 12.8. The molecule has 1 N–H and O–H groups in total. The Morgan fingerprint density at radius 3 is 1.92 bits per heavy atom. The number of amides is 1. The van der Waals surface area contributed by atoms with E-state index in [0.717, 1.165) is 33.7 Å². The highest BCUT2D eigenvalue weighted by atomic mass is 16.5. The lowest BCUT2D eigenvalue weighted by Gasteiger charge is -2.05. The fourth-order valence-corrected chi connectivity index (χ4v) is 3.15. The molecule has 4 heteroatoms. The Balaban J connectivity index is 1.61. The average molecular weight is 342 g/mol. The van der Waals surface area contributed by atoms with Gasteiger partial charge in [0.15, 0.2) is 0 Å². The van der Waals surface area contributed by atoms with Crippen LogP contribution in [0.15, 0.2) is 77.9 Å². The van der Waals surface area contributed by atoms with Crippen molar-refractivity contribution in [2.24, 2.45) is 5.10 Å². The lowest BCUT2D eigenvalue weighted by atomic mass is 10.1. The average Bonchev–Trinajstić information content (AvgIpc) is 3.01. The van der Waals surface area contributed by atoms with Gasteiger partial charge in [0.05, 0.1) is 12.3 Å². The van der Waals surface area contributed by atoms with Crippen LogP contribution >= 0.6 is 0 Å². The molecular formula is C22H18N2O2. The third kappa shape index (κ3) is 2.86. The number of benzene rings is 3. The number of hydrogen-bond acceptors (Lipinski definition) is 3. The smallest absolute Gasteiger partial charge is 0.271 e. The second-order valence-electron chi connectivity index (χ2n) is 5.95. The highest BCUT2D eigenvalue weighted by Crippen LogP contribution is 2.36. The third-order valence-corrected chi connectivity index (χ3v) is 4.35. The van der Waals surface area contributed by atoms with Gasteiger partial charge in [-0.1, -0.05) is 48.5 Å². The van der Waals surface area contributed by atoms with Gasteiger partial charge in [0.25, 0.3) is 5.91 Å². The van der Waals surface area contributed by atoms with E-state index in [9.17, 15) is 4.79 Å². The van der Waals surface area contributed by atoms with Crippen molar-refractivity contribution < 1.29 is 9.53 Å². The molecule has 0 unspecified atom stereocenters. The first-order valence-electron chi connectivity index (χ1n) is 8.58. The molecule has 0 atom stereocenters. The molecule has 0 radical (unpaired) electrons. The molecule has 3 aromatic rings. The highest BCUT2D eigenvalue weighted by Gasteiger charge is 2.24. The number of carbonyl (C=O) groups excluding carboxylic acids is 1. The first kappa shape index (κ1) is 16.1. The number of hydrogen-bond donors (Lipinski definition) is 1. The predicted octanol–water partition coefficient (Wildman–Crippen LogP) is 4.25. The summed E-state index contributed by atoms with van der Waals surface area (Å²) in [5.74, 6) is 0.497. The molecule has 0 spiro atoms. The summed E-state index contributed by atoms with van der Waals surface area (Å²) in [4.78, 5) is 12.4. The van der Waals surface area contributed by atoms with Crippen molar-refractivity contribution in [3.63, 3.8) is 0 Å². The zero-order valence-corrected chi connectivity index (χ0v) is 14.4. The molecule has 1 aliphatic rings. The van der Waals surface area contributed by atoms with Crippen molar-refractivity contribution in [2.45, 2.75) is 6.92 Å². The van der Waals surface area contributed by atoms with Crippen LogP contribution in [0, 0.1) is 0 Å². The minimum Gasteiger partial charge on any atom is -0.494 e. The summed E-state index contributed by atoms with van der Waals surface area (Å²) in [6, 6.07) is 23.2. The Hall–Kier alpha value is -3.40. The number of ether oxygens (including phenoxy) is 1. The molecule has 0 aromatic heterocycles. The second-order valence-corrected chi connectivity index (χ2v) is 5.95. The monoisotopic (exact) mass is 342 g/mol. The molecule has 0 saturated carbocycles. The van der Waals surface area contributed by atoms with Gasteiger partial charge in [-0.15, -0.1) is 0 Å². The van der Waals surface area contributed by atoms with Crippen LogP contribution in [0.25, 0.3) is 11.1 Å². The highest BCUT2D eigenvalue weighted by molar-refractivity contribution is 6.24. The first-order valence-corrected chi connectivity index (χ1v) is 8.58. The van der Waals surface area contributed by atoms with Crippen LogP contribution in [-0.2, 0) is 0 Å². The number of fused-ring (bicyclic) bond motifs is 3. The van der Waals surface area contributed by atoms with Gasteiger partial charge in [-0.2, -0.15) is 5.10 Å². The fraction of sp³-hybridized carbons (Fsp3) is 0.0909. The largest absolute Gasteiger partial charge is 0.494 e. The molecule has 0 saturated heterocycles. The summed E-state index contributed by atoms with van der Waals surface area (Å²) in [6.07, 6.45) is 0. The Morgan fingerprint density at radius 1 is 0.846 bits per heavy atom. The summed E-state index contributed by atoms with van der Waals surface area (Å²) in [5, 5.41) is 4.43. The minimum atomic E-state index is -0.248. The fourth-order valence-electron chi connectivity index (χ4n) is 3.15. The molecule has 1 aliphatic carbocycles. The molecule has 1 amide bonds. The van der Waals surface area contributed by atoms with Crippen molar-refractivity contribution in [3.05, 3.63) is 89.5 Å². The summed E-state index contributed by atoms with van der Waals surface area (Å²) in [7, 11) is 0. The van der Waals surface area contributed by atoms with E-state index in [2.05, 4.69) is 22.7 Å². The zero-order valence-electron chi connectivity index (χ0n) is 14.4. The van der Waals surface area contributed by atoms with Crippen LogP contribution in [0.1, 0.15) is 28.4 Å². The Morgan fingerprint density at radius 2 is 1.38 bits per heavy atom. The van der Waals surface area contributed by atoms with Crippen LogP contribution in [0.3, 0.4) is 0 Å². The maximum absolute atomic E-state index is 12.4.